The number of aromatic nitrogens is 5. The molecule has 0 saturated heterocycles. The van der Waals surface area contributed by atoms with Gasteiger partial charge in [-0.2, -0.15) is 5.10 Å². The predicted molar refractivity (Wildman–Crippen MR) is 101 cm³/mol. The highest BCUT2D eigenvalue weighted by Crippen LogP contribution is 2.21. The fourth-order valence-electron chi connectivity index (χ4n) is 2.89. The summed E-state index contributed by atoms with van der Waals surface area (Å²) in [6.45, 7) is 3.62. The van der Waals surface area contributed by atoms with Crippen LogP contribution in [-0.2, 0) is 6.54 Å². The van der Waals surface area contributed by atoms with Gasteiger partial charge in [-0.3, -0.25) is 0 Å². The molecule has 0 fully saturated rings. The van der Waals surface area contributed by atoms with E-state index >= 15 is 0 Å². The molecule has 0 radical (unpaired) electrons. The van der Waals surface area contributed by atoms with Crippen LogP contribution in [0.25, 0.3) is 22.2 Å². The molecule has 0 aliphatic heterocycles. The molecule has 6 heteroatoms. The lowest BCUT2D eigenvalue weighted by molar-refractivity contribution is 0.452. The summed E-state index contributed by atoms with van der Waals surface area (Å²) in [7, 11) is 0. The minimum absolute atomic E-state index is 0.246. The third-order valence-electron chi connectivity index (χ3n) is 4.37. The van der Waals surface area contributed by atoms with Crippen LogP contribution in [0.3, 0.4) is 0 Å². The lowest BCUT2D eigenvalue weighted by Gasteiger charge is -2.12. The highest BCUT2D eigenvalue weighted by molar-refractivity contribution is 5.86. The van der Waals surface area contributed by atoms with E-state index < -0.39 is 0 Å². The largest absolute Gasteiger partial charge is 0.310 e. The van der Waals surface area contributed by atoms with Gasteiger partial charge in [-0.05, 0) is 23.8 Å². The second-order valence-electron chi connectivity index (χ2n) is 6.33. The second-order valence-corrected chi connectivity index (χ2v) is 6.33. The van der Waals surface area contributed by atoms with E-state index in [0.717, 1.165) is 30.0 Å². The summed E-state index contributed by atoms with van der Waals surface area (Å²) < 4.78 is 1.84. The monoisotopic (exact) mass is 344 g/mol. The highest BCUT2D eigenvalue weighted by Gasteiger charge is 2.06. The molecule has 0 spiro atoms. The molecule has 0 saturated carbocycles. The van der Waals surface area contributed by atoms with Crippen LogP contribution in [0, 0.1) is 0 Å². The molecular weight excluding hydrogens is 324 g/mol. The van der Waals surface area contributed by atoms with Gasteiger partial charge in [0.05, 0.1) is 6.04 Å². The van der Waals surface area contributed by atoms with E-state index in [1.807, 2.05) is 29.2 Å². The number of hydrogen-bond acceptors (Lipinski definition) is 5. The van der Waals surface area contributed by atoms with Crippen LogP contribution in [0.1, 0.15) is 18.5 Å². The molecule has 2 aromatic carbocycles. The average molecular weight is 344 g/mol. The summed E-state index contributed by atoms with van der Waals surface area (Å²) in [5.74, 6) is 0.746. The Morgan fingerprint density at radius 2 is 1.85 bits per heavy atom. The van der Waals surface area contributed by atoms with Gasteiger partial charge in [0.15, 0.2) is 5.82 Å². The Balaban J connectivity index is 1.39. The topological polar surface area (TPSA) is 68.5 Å². The van der Waals surface area contributed by atoms with Crippen molar-refractivity contribution in [3.63, 3.8) is 0 Å². The minimum atomic E-state index is 0.246. The van der Waals surface area contributed by atoms with E-state index in [1.165, 1.54) is 10.8 Å². The molecule has 2 aromatic heterocycles. The lowest BCUT2D eigenvalue weighted by atomic mass is 10.1. The lowest BCUT2D eigenvalue weighted by Crippen LogP contribution is -2.23. The SMILES string of the molecule is C[C@H](CNCc1cnc(-c2ccc3ccccc3c2)nc1)n1cncn1. The number of nitrogens with one attached hydrogen (secondary N) is 1. The van der Waals surface area contributed by atoms with Gasteiger partial charge in [-0.15, -0.1) is 0 Å². The van der Waals surface area contributed by atoms with Gasteiger partial charge >= 0.3 is 0 Å². The predicted octanol–water partition coefficient (Wildman–Crippen LogP) is 3.24. The van der Waals surface area contributed by atoms with Crippen molar-refractivity contribution in [2.75, 3.05) is 6.54 Å². The zero-order valence-electron chi connectivity index (χ0n) is 14.6. The van der Waals surface area contributed by atoms with Crippen LogP contribution in [0.15, 0.2) is 67.5 Å². The summed E-state index contributed by atoms with van der Waals surface area (Å²) in [5, 5.41) is 9.97. The average Bonchev–Trinajstić information content (AvgIpc) is 3.23. The molecule has 0 amide bonds. The number of benzene rings is 2. The molecule has 4 rings (SSSR count). The normalized spacial score (nSPS) is 12.3. The van der Waals surface area contributed by atoms with Crippen LogP contribution in [0.5, 0.6) is 0 Å². The molecule has 6 nitrogen and oxygen atoms in total. The molecular formula is C20H20N6. The first-order chi connectivity index (χ1) is 12.8. The smallest absolute Gasteiger partial charge is 0.159 e. The Kier molecular flexibility index (Phi) is 4.66. The summed E-state index contributed by atoms with van der Waals surface area (Å²) in [4.78, 5) is 13.0. The quantitative estimate of drug-likeness (QED) is 0.581. The van der Waals surface area contributed by atoms with E-state index in [0.29, 0.717) is 0 Å². The zero-order valence-corrected chi connectivity index (χ0v) is 14.6. The van der Waals surface area contributed by atoms with Crippen molar-refractivity contribution in [3.8, 4) is 11.4 Å². The highest BCUT2D eigenvalue weighted by atomic mass is 15.3. The van der Waals surface area contributed by atoms with Gasteiger partial charge in [0.1, 0.15) is 12.7 Å². The Morgan fingerprint density at radius 3 is 2.62 bits per heavy atom. The van der Waals surface area contributed by atoms with Crippen molar-refractivity contribution in [2.45, 2.75) is 19.5 Å². The Labute approximate surface area is 152 Å². The van der Waals surface area contributed by atoms with Crippen LogP contribution in [-0.4, -0.2) is 31.3 Å². The molecule has 0 unspecified atom stereocenters. The number of hydrogen-bond donors (Lipinski definition) is 1. The maximum Gasteiger partial charge on any atom is 0.159 e. The Morgan fingerprint density at radius 1 is 1.04 bits per heavy atom. The van der Waals surface area contributed by atoms with Crippen molar-refractivity contribution in [1.29, 1.82) is 0 Å². The first-order valence-electron chi connectivity index (χ1n) is 8.64. The fraction of sp³-hybridized carbons (Fsp3) is 0.200. The van der Waals surface area contributed by atoms with E-state index in [-0.39, 0.29) is 6.04 Å². The van der Waals surface area contributed by atoms with Crippen molar-refractivity contribution >= 4 is 10.8 Å². The maximum atomic E-state index is 4.52. The molecule has 4 aromatic rings. The van der Waals surface area contributed by atoms with Crippen LogP contribution in [0.2, 0.25) is 0 Å². The molecule has 2 heterocycles. The molecule has 130 valence electrons. The summed E-state index contributed by atoms with van der Waals surface area (Å²) in [6, 6.07) is 14.8. The van der Waals surface area contributed by atoms with Gasteiger partial charge in [-0.25, -0.2) is 19.6 Å². The van der Waals surface area contributed by atoms with Crippen LogP contribution < -0.4 is 5.32 Å². The van der Waals surface area contributed by atoms with Gasteiger partial charge in [0.25, 0.3) is 0 Å². The number of nitrogens with zero attached hydrogens (tertiary/aromatic N) is 5. The Hall–Kier alpha value is -3.12. The molecule has 0 bridgehead atoms. The van der Waals surface area contributed by atoms with Gasteiger partial charge in [0, 0.05) is 36.6 Å². The third-order valence-corrected chi connectivity index (χ3v) is 4.37. The number of fused-ring (bicyclic) bond motifs is 1. The van der Waals surface area contributed by atoms with E-state index in [9.17, 15) is 0 Å². The zero-order chi connectivity index (χ0) is 17.8. The first kappa shape index (κ1) is 16.4. The number of rotatable bonds is 6. The van der Waals surface area contributed by atoms with Crippen molar-refractivity contribution in [2.24, 2.45) is 0 Å². The first-order valence-corrected chi connectivity index (χ1v) is 8.64. The summed E-state index contributed by atoms with van der Waals surface area (Å²) in [6.07, 6.45) is 7.04. The molecule has 0 aliphatic carbocycles. The molecule has 26 heavy (non-hydrogen) atoms. The van der Waals surface area contributed by atoms with Gasteiger partial charge < -0.3 is 5.32 Å². The van der Waals surface area contributed by atoms with E-state index in [2.05, 4.69) is 62.6 Å². The van der Waals surface area contributed by atoms with E-state index in [4.69, 9.17) is 0 Å². The fourth-order valence-corrected chi connectivity index (χ4v) is 2.89. The second kappa shape index (κ2) is 7.41. The molecule has 0 aliphatic rings. The van der Waals surface area contributed by atoms with Gasteiger partial charge in [-0.1, -0.05) is 36.4 Å². The standard InChI is InChI=1S/C20H20N6/c1-15(26-14-22-13-25-26)9-21-10-16-11-23-20(24-12-16)19-7-6-17-4-2-3-5-18(17)8-19/h2-8,11-15,21H,9-10H2,1H3/t15-/m1/s1. The minimum Gasteiger partial charge on any atom is -0.310 e. The molecule has 1 atom stereocenters. The maximum absolute atomic E-state index is 4.52. The van der Waals surface area contributed by atoms with Crippen molar-refractivity contribution < 1.29 is 0 Å². The summed E-state index contributed by atoms with van der Waals surface area (Å²) >= 11 is 0. The van der Waals surface area contributed by atoms with Crippen LogP contribution in [0.4, 0.5) is 0 Å². The van der Waals surface area contributed by atoms with Crippen molar-refractivity contribution in [3.05, 3.63) is 73.1 Å². The van der Waals surface area contributed by atoms with Crippen molar-refractivity contribution in [1.82, 2.24) is 30.0 Å². The summed E-state index contributed by atoms with van der Waals surface area (Å²) in [5.41, 5.74) is 2.09. The van der Waals surface area contributed by atoms with Gasteiger partial charge in [0.2, 0.25) is 0 Å². The third kappa shape index (κ3) is 3.60. The Bertz CT molecular complexity index is 979. The molecule has 1 N–H and O–H groups in total. The van der Waals surface area contributed by atoms with Crippen LogP contribution >= 0.6 is 0 Å². The van der Waals surface area contributed by atoms with E-state index in [1.54, 1.807) is 12.7 Å².